The van der Waals surface area contributed by atoms with Crippen LogP contribution in [0.2, 0.25) is 0 Å². The third-order valence-electron chi connectivity index (χ3n) is 5.86. The molecule has 1 saturated heterocycles. The van der Waals surface area contributed by atoms with Gasteiger partial charge in [-0.25, -0.2) is 4.79 Å². The summed E-state index contributed by atoms with van der Waals surface area (Å²) in [5.41, 5.74) is 0.834. The molecule has 2 aromatic rings. The minimum Gasteiger partial charge on any atom is -0.497 e. The van der Waals surface area contributed by atoms with Crippen molar-refractivity contribution in [1.29, 1.82) is 0 Å². The first-order valence-electron chi connectivity index (χ1n) is 10.7. The zero-order valence-electron chi connectivity index (χ0n) is 18.8. The zero-order chi connectivity index (χ0) is 24.2. The first-order chi connectivity index (χ1) is 16.4. The Hall–Kier alpha value is -4.14. The molecule has 9 heteroatoms. The van der Waals surface area contributed by atoms with Gasteiger partial charge in [-0.1, -0.05) is 18.2 Å². The molecule has 1 aliphatic heterocycles. The monoisotopic (exact) mass is 464 g/mol. The Morgan fingerprint density at radius 3 is 2.32 bits per heavy atom. The van der Waals surface area contributed by atoms with E-state index in [9.17, 15) is 19.2 Å². The van der Waals surface area contributed by atoms with Crippen LogP contribution in [0, 0.1) is 11.8 Å². The Kier molecular flexibility index (Phi) is 6.62. The Labute approximate surface area is 196 Å². The fourth-order valence-electron chi connectivity index (χ4n) is 4.13. The summed E-state index contributed by atoms with van der Waals surface area (Å²) in [6.45, 7) is -0.532. The second-order valence-electron chi connectivity index (χ2n) is 7.91. The van der Waals surface area contributed by atoms with E-state index < -0.39 is 18.5 Å². The summed E-state index contributed by atoms with van der Waals surface area (Å²) in [4.78, 5) is 51.6. The van der Waals surface area contributed by atoms with Crippen LogP contribution in [0.25, 0.3) is 0 Å². The van der Waals surface area contributed by atoms with E-state index in [2.05, 4.69) is 5.32 Å². The highest BCUT2D eigenvalue weighted by Gasteiger charge is 2.47. The number of carbonyl (C=O) groups is 4. The number of fused-ring (bicyclic) bond motifs is 1. The zero-order valence-corrected chi connectivity index (χ0v) is 18.8. The Morgan fingerprint density at radius 1 is 0.971 bits per heavy atom. The maximum absolute atomic E-state index is 12.8. The molecule has 0 spiro atoms. The van der Waals surface area contributed by atoms with Crippen LogP contribution in [0.15, 0.2) is 54.6 Å². The highest BCUT2D eigenvalue weighted by atomic mass is 16.5. The number of rotatable bonds is 7. The van der Waals surface area contributed by atoms with Crippen molar-refractivity contribution in [3.05, 3.63) is 60.2 Å². The van der Waals surface area contributed by atoms with Gasteiger partial charge in [0.15, 0.2) is 6.61 Å². The van der Waals surface area contributed by atoms with Crippen LogP contribution in [0.1, 0.15) is 23.2 Å². The summed E-state index contributed by atoms with van der Waals surface area (Å²) in [6, 6.07) is 11.0. The van der Waals surface area contributed by atoms with Crippen molar-refractivity contribution in [2.24, 2.45) is 11.8 Å². The van der Waals surface area contributed by atoms with E-state index in [0.29, 0.717) is 35.7 Å². The first kappa shape index (κ1) is 23.0. The predicted molar refractivity (Wildman–Crippen MR) is 123 cm³/mol. The van der Waals surface area contributed by atoms with Gasteiger partial charge in [-0.3, -0.25) is 19.3 Å². The lowest BCUT2D eigenvalue weighted by molar-refractivity contribution is -0.122. The topological polar surface area (TPSA) is 111 Å². The van der Waals surface area contributed by atoms with Crippen LogP contribution < -0.4 is 19.7 Å². The predicted octanol–water partition coefficient (Wildman–Crippen LogP) is 2.95. The number of benzene rings is 2. The summed E-state index contributed by atoms with van der Waals surface area (Å²) in [5, 5.41) is 2.62. The van der Waals surface area contributed by atoms with Gasteiger partial charge in [-0.2, -0.15) is 0 Å². The van der Waals surface area contributed by atoms with Gasteiger partial charge in [-0.15, -0.1) is 0 Å². The fraction of sp³-hybridized carbons (Fsp3) is 0.280. The molecule has 176 valence electrons. The van der Waals surface area contributed by atoms with E-state index >= 15 is 0 Å². The van der Waals surface area contributed by atoms with Crippen molar-refractivity contribution in [3.63, 3.8) is 0 Å². The normalized spacial score (nSPS) is 18.9. The molecule has 2 aliphatic rings. The van der Waals surface area contributed by atoms with Gasteiger partial charge in [0, 0.05) is 6.07 Å². The number of hydrogen-bond donors (Lipinski definition) is 1. The Balaban J connectivity index is 1.40. The second kappa shape index (κ2) is 9.78. The molecule has 4 rings (SSSR count). The largest absolute Gasteiger partial charge is 0.497 e. The van der Waals surface area contributed by atoms with Gasteiger partial charge in [0.2, 0.25) is 11.8 Å². The van der Waals surface area contributed by atoms with Crippen LogP contribution in [-0.2, 0) is 19.1 Å². The van der Waals surface area contributed by atoms with E-state index in [1.54, 1.807) is 30.3 Å². The molecule has 2 atom stereocenters. The quantitative estimate of drug-likeness (QED) is 0.381. The first-order valence-corrected chi connectivity index (χ1v) is 10.7. The van der Waals surface area contributed by atoms with E-state index in [0.717, 1.165) is 4.90 Å². The summed E-state index contributed by atoms with van der Waals surface area (Å²) in [5.74, 6) is -1.63. The standard InChI is InChI=1S/C25H24N2O7/c1-32-17-10-11-20(21(13-17)33-2)26-22(28)14-34-25(31)15-6-5-7-16(12-15)27-23(29)18-8-3-4-9-19(18)24(27)30/h3-7,10-13,18-19H,8-9,14H2,1-2H3,(H,26,28)/t18-,19-/m1/s1. The van der Waals surface area contributed by atoms with Crippen molar-refractivity contribution in [3.8, 4) is 11.5 Å². The highest BCUT2D eigenvalue weighted by Crippen LogP contribution is 2.37. The van der Waals surface area contributed by atoms with Gasteiger partial charge < -0.3 is 19.5 Å². The highest BCUT2D eigenvalue weighted by molar-refractivity contribution is 6.22. The number of anilines is 2. The molecule has 34 heavy (non-hydrogen) atoms. The molecule has 3 amide bonds. The fourth-order valence-corrected chi connectivity index (χ4v) is 4.13. The molecule has 0 radical (unpaired) electrons. The number of carbonyl (C=O) groups excluding carboxylic acids is 4. The number of hydrogen-bond acceptors (Lipinski definition) is 7. The van der Waals surface area contributed by atoms with Crippen molar-refractivity contribution < 1.29 is 33.4 Å². The number of methoxy groups -OCH3 is 2. The number of allylic oxidation sites excluding steroid dienone is 2. The summed E-state index contributed by atoms with van der Waals surface area (Å²) >= 11 is 0. The number of amides is 3. The Morgan fingerprint density at radius 2 is 1.68 bits per heavy atom. The van der Waals surface area contributed by atoms with Crippen molar-refractivity contribution in [2.75, 3.05) is 31.0 Å². The second-order valence-corrected chi connectivity index (χ2v) is 7.91. The lowest BCUT2D eigenvalue weighted by Crippen LogP contribution is -2.31. The molecule has 9 nitrogen and oxygen atoms in total. The summed E-state index contributed by atoms with van der Waals surface area (Å²) < 4.78 is 15.5. The lowest BCUT2D eigenvalue weighted by Gasteiger charge is -2.15. The molecule has 0 aromatic heterocycles. The van der Waals surface area contributed by atoms with Crippen molar-refractivity contribution >= 4 is 35.1 Å². The van der Waals surface area contributed by atoms with Gasteiger partial charge in [0.25, 0.3) is 5.91 Å². The van der Waals surface area contributed by atoms with Crippen LogP contribution in [0.5, 0.6) is 11.5 Å². The molecule has 1 N–H and O–H groups in total. The molecular weight excluding hydrogens is 440 g/mol. The number of nitrogens with one attached hydrogen (secondary N) is 1. The molecule has 1 fully saturated rings. The third kappa shape index (κ3) is 4.50. The summed E-state index contributed by atoms with van der Waals surface area (Å²) in [7, 11) is 2.97. The molecule has 0 saturated carbocycles. The minimum atomic E-state index is -0.753. The lowest BCUT2D eigenvalue weighted by atomic mass is 9.85. The van der Waals surface area contributed by atoms with Crippen molar-refractivity contribution in [2.45, 2.75) is 12.8 Å². The number of ether oxygens (including phenoxy) is 3. The molecule has 0 unspecified atom stereocenters. The smallest absolute Gasteiger partial charge is 0.338 e. The van der Waals surface area contributed by atoms with Gasteiger partial charge in [0.05, 0.1) is 43.0 Å². The maximum Gasteiger partial charge on any atom is 0.338 e. The van der Waals surface area contributed by atoms with E-state index in [-0.39, 0.29) is 29.2 Å². The Bertz CT molecular complexity index is 1150. The SMILES string of the molecule is COc1ccc(NC(=O)COC(=O)c2cccc(N3C(=O)[C@@H]4CC=CC[C@H]4C3=O)c2)c(OC)c1. The van der Waals surface area contributed by atoms with Gasteiger partial charge in [0.1, 0.15) is 11.5 Å². The van der Waals surface area contributed by atoms with E-state index in [1.807, 2.05) is 12.2 Å². The minimum absolute atomic E-state index is 0.126. The molecule has 2 aromatic carbocycles. The maximum atomic E-state index is 12.8. The summed E-state index contributed by atoms with van der Waals surface area (Å²) in [6.07, 6.45) is 4.88. The number of nitrogens with zero attached hydrogens (tertiary/aromatic N) is 1. The van der Waals surface area contributed by atoms with Crippen LogP contribution in [-0.4, -0.2) is 44.5 Å². The molecule has 1 aliphatic carbocycles. The molecule has 0 bridgehead atoms. The van der Waals surface area contributed by atoms with E-state index in [1.165, 1.54) is 26.4 Å². The van der Waals surface area contributed by atoms with Crippen LogP contribution in [0.4, 0.5) is 11.4 Å². The third-order valence-corrected chi connectivity index (χ3v) is 5.86. The number of esters is 1. The van der Waals surface area contributed by atoms with Crippen LogP contribution in [0.3, 0.4) is 0 Å². The number of imide groups is 1. The van der Waals surface area contributed by atoms with Crippen molar-refractivity contribution in [1.82, 2.24) is 0 Å². The van der Waals surface area contributed by atoms with Gasteiger partial charge >= 0.3 is 5.97 Å². The average Bonchev–Trinajstić information content (AvgIpc) is 3.12. The average molecular weight is 464 g/mol. The molecular formula is C25H24N2O7. The van der Waals surface area contributed by atoms with Crippen LogP contribution >= 0.6 is 0 Å². The van der Waals surface area contributed by atoms with E-state index in [4.69, 9.17) is 14.2 Å². The molecule has 1 heterocycles. The van der Waals surface area contributed by atoms with Gasteiger partial charge in [-0.05, 0) is 43.2 Å².